The molecule has 0 aromatic rings. The Hall–Kier alpha value is -1.54. The number of aliphatic hydroxyl groups excluding tert-OH is 1. The van der Waals surface area contributed by atoms with E-state index in [1.165, 1.54) is 283 Å². The molecule has 0 aliphatic heterocycles. The summed E-state index contributed by atoms with van der Waals surface area (Å²) in [5, 5.41) is 13.9. The van der Waals surface area contributed by atoms with Gasteiger partial charge in [0.05, 0.1) is 39.9 Å². The van der Waals surface area contributed by atoms with Crippen LogP contribution in [-0.4, -0.2) is 68.5 Å². The predicted octanol–water partition coefficient (Wildman–Crippen LogP) is 21.6. The van der Waals surface area contributed by atoms with E-state index >= 15 is 0 Å². The summed E-state index contributed by atoms with van der Waals surface area (Å²) in [4.78, 5) is 25.6. The largest absolute Gasteiger partial charge is 0.756 e. The van der Waals surface area contributed by atoms with Gasteiger partial charge in [-0.1, -0.05) is 326 Å². The van der Waals surface area contributed by atoms with Crippen LogP contribution in [0.15, 0.2) is 48.6 Å². The molecule has 1 amide bonds. The molecule has 3 atom stereocenters. The number of phosphoric acid groups is 1. The molecular weight excluding hydrogens is 1010 g/mol. The lowest BCUT2D eigenvalue weighted by Gasteiger charge is -2.29. The third kappa shape index (κ3) is 64.0. The molecule has 0 bridgehead atoms. The second kappa shape index (κ2) is 62.0. The van der Waals surface area contributed by atoms with Gasteiger partial charge >= 0.3 is 0 Å². The zero-order valence-corrected chi connectivity index (χ0v) is 54.9. The quantitative estimate of drug-likeness (QED) is 0.0272. The highest BCUT2D eigenvalue weighted by Crippen LogP contribution is 2.38. The molecule has 9 heteroatoms. The third-order valence-corrected chi connectivity index (χ3v) is 17.0. The molecule has 0 aliphatic rings. The Kier molecular flexibility index (Phi) is 60.8. The molecule has 0 saturated carbocycles. The number of phosphoric ester groups is 1. The van der Waals surface area contributed by atoms with Crippen LogP contribution in [0.25, 0.3) is 0 Å². The highest BCUT2D eigenvalue weighted by Gasteiger charge is 2.23. The lowest BCUT2D eigenvalue weighted by atomic mass is 10.0. The van der Waals surface area contributed by atoms with Crippen molar-refractivity contribution >= 4 is 13.7 Å². The Bertz CT molecular complexity index is 1440. The van der Waals surface area contributed by atoms with Crippen LogP contribution in [0, 0.1) is 0 Å². The van der Waals surface area contributed by atoms with Gasteiger partial charge in [-0.15, -0.1) is 0 Å². The van der Waals surface area contributed by atoms with Gasteiger partial charge in [0.1, 0.15) is 13.2 Å². The van der Waals surface area contributed by atoms with Crippen molar-refractivity contribution in [2.45, 2.75) is 360 Å². The van der Waals surface area contributed by atoms with E-state index in [1.54, 1.807) is 6.08 Å². The van der Waals surface area contributed by atoms with Crippen molar-refractivity contribution in [3.63, 3.8) is 0 Å². The van der Waals surface area contributed by atoms with Gasteiger partial charge in [-0.25, -0.2) is 0 Å². The lowest BCUT2D eigenvalue weighted by Crippen LogP contribution is -2.45. The molecule has 0 saturated heterocycles. The van der Waals surface area contributed by atoms with Crippen LogP contribution in [0.4, 0.5) is 0 Å². The number of carbonyl (C=O) groups excluding carboxylic acids is 1. The van der Waals surface area contributed by atoms with Gasteiger partial charge in [0.15, 0.2) is 0 Å². The third-order valence-electron chi connectivity index (χ3n) is 16.0. The van der Waals surface area contributed by atoms with Crippen LogP contribution < -0.4 is 10.2 Å². The van der Waals surface area contributed by atoms with Crippen molar-refractivity contribution in [1.82, 2.24) is 5.32 Å². The second-order valence-corrected chi connectivity index (χ2v) is 26.6. The first-order valence-corrected chi connectivity index (χ1v) is 36.5. The predicted molar refractivity (Wildman–Crippen MR) is 348 cm³/mol. The highest BCUT2D eigenvalue weighted by atomic mass is 31.2. The van der Waals surface area contributed by atoms with Crippen molar-refractivity contribution in [3.05, 3.63) is 48.6 Å². The minimum Gasteiger partial charge on any atom is -0.756 e. The number of likely N-dealkylation sites (N-methyl/N-ethyl adjacent to an activating group) is 1. The van der Waals surface area contributed by atoms with Gasteiger partial charge in [0, 0.05) is 6.42 Å². The van der Waals surface area contributed by atoms with Gasteiger partial charge in [-0.3, -0.25) is 9.36 Å². The Morgan fingerprint density at radius 3 is 1.09 bits per heavy atom. The zero-order chi connectivity index (χ0) is 58.4. The van der Waals surface area contributed by atoms with E-state index in [1.807, 2.05) is 27.2 Å². The molecule has 0 fully saturated rings. The number of unbranched alkanes of at least 4 members (excludes halogenated alkanes) is 46. The maximum atomic E-state index is 13.0. The van der Waals surface area contributed by atoms with Crippen LogP contribution in [0.2, 0.25) is 0 Å². The van der Waals surface area contributed by atoms with Crippen LogP contribution in [-0.2, 0) is 18.4 Å². The summed E-state index contributed by atoms with van der Waals surface area (Å²) in [5.74, 6) is -0.201. The number of quaternary nitrogens is 1. The molecule has 0 aromatic carbocycles. The molecule has 0 aliphatic carbocycles. The van der Waals surface area contributed by atoms with E-state index in [4.69, 9.17) is 9.05 Å². The summed E-state index contributed by atoms with van der Waals surface area (Å²) >= 11 is 0. The smallest absolute Gasteiger partial charge is 0.268 e. The number of aliphatic hydroxyl groups is 1. The summed E-state index contributed by atoms with van der Waals surface area (Å²) in [7, 11) is 1.26. The number of rotatable bonds is 65. The minimum absolute atomic E-state index is 0.00480. The number of hydrogen-bond acceptors (Lipinski definition) is 6. The zero-order valence-electron chi connectivity index (χ0n) is 54.0. The molecule has 0 spiro atoms. The summed E-state index contributed by atoms with van der Waals surface area (Å²) < 4.78 is 23.4. The van der Waals surface area contributed by atoms with E-state index in [9.17, 15) is 19.4 Å². The molecule has 3 unspecified atom stereocenters. The van der Waals surface area contributed by atoms with Gasteiger partial charge in [0.25, 0.3) is 7.82 Å². The van der Waals surface area contributed by atoms with Crippen molar-refractivity contribution < 1.29 is 32.9 Å². The Balaban J connectivity index is 3.94. The normalized spacial score (nSPS) is 13.9. The number of hydrogen-bond donors (Lipinski definition) is 2. The maximum absolute atomic E-state index is 13.0. The van der Waals surface area contributed by atoms with Crippen molar-refractivity contribution in [1.29, 1.82) is 0 Å². The molecule has 472 valence electrons. The van der Waals surface area contributed by atoms with Crippen molar-refractivity contribution in [2.24, 2.45) is 0 Å². The average Bonchev–Trinajstić information content (AvgIpc) is 3.42. The molecule has 2 N–H and O–H groups in total. The van der Waals surface area contributed by atoms with Gasteiger partial charge < -0.3 is 28.8 Å². The average molecular weight is 1150 g/mol. The standard InChI is InChI=1S/C71H137N2O6P/c1-6-8-10-12-14-16-18-20-22-24-26-27-28-29-30-31-32-33-34-35-36-37-38-39-40-41-42-43-44-45-47-49-51-53-55-57-59-61-63-65-71(75)72-69(68-79-80(76,77)78-67-66-73(3,4)5)70(74)64-62-60-58-56-54-52-50-48-46-25-23-21-19-17-15-13-11-9-7-2/h18,20,24,26,54,56,62,64,69-70,74H,6-17,19,21-23,25,27-53,55,57-61,63,65-68H2,1-5H3,(H-,72,75,76,77)/b20-18-,26-24-,56-54+,64-62+. The fourth-order valence-corrected chi connectivity index (χ4v) is 11.3. The fourth-order valence-electron chi connectivity index (χ4n) is 10.6. The van der Waals surface area contributed by atoms with Crippen LogP contribution in [0.1, 0.15) is 348 Å². The second-order valence-electron chi connectivity index (χ2n) is 25.2. The van der Waals surface area contributed by atoms with Crippen LogP contribution >= 0.6 is 7.82 Å². The number of nitrogens with zero attached hydrogens (tertiary/aromatic N) is 1. The molecule has 0 aromatic heterocycles. The van der Waals surface area contributed by atoms with E-state index in [0.717, 1.165) is 44.9 Å². The number of carbonyl (C=O) groups is 1. The first-order chi connectivity index (χ1) is 39.0. The van der Waals surface area contributed by atoms with Crippen LogP contribution in [0.3, 0.4) is 0 Å². The molecule has 0 rings (SSSR count). The fraction of sp³-hybridized carbons (Fsp3) is 0.873. The first-order valence-electron chi connectivity index (χ1n) is 35.0. The molecule has 80 heavy (non-hydrogen) atoms. The number of nitrogens with one attached hydrogen (secondary N) is 1. The van der Waals surface area contributed by atoms with Crippen LogP contribution in [0.5, 0.6) is 0 Å². The molecule has 0 radical (unpaired) electrons. The Morgan fingerprint density at radius 2 is 0.738 bits per heavy atom. The minimum atomic E-state index is -4.61. The van der Waals surface area contributed by atoms with E-state index in [2.05, 4.69) is 55.6 Å². The number of amides is 1. The summed E-state index contributed by atoms with van der Waals surface area (Å²) in [5.41, 5.74) is 0. The lowest BCUT2D eigenvalue weighted by molar-refractivity contribution is -0.870. The van der Waals surface area contributed by atoms with E-state index in [-0.39, 0.29) is 19.1 Å². The SMILES string of the molecule is CCCCCCC/C=C\C/C=C\CCCCCCCCCCCCCCCCCCCCCCCCCCCCCC(=O)NC(COP(=O)([O-])OCC[N+](C)(C)C)C(O)/C=C/CC/C=C/CCCCCCCCCCCCCCC. The van der Waals surface area contributed by atoms with Crippen molar-refractivity contribution in [2.75, 3.05) is 40.9 Å². The monoisotopic (exact) mass is 1150 g/mol. The Morgan fingerprint density at radius 1 is 0.438 bits per heavy atom. The summed E-state index contributed by atoms with van der Waals surface area (Å²) in [6.45, 7) is 4.66. The molecule has 8 nitrogen and oxygen atoms in total. The van der Waals surface area contributed by atoms with Crippen molar-refractivity contribution in [3.8, 4) is 0 Å². The van der Waals surface area contributed by atoms with E-state index < -0.39 is 20.0 Å². The molecular formula is C71H137N2O6P. The van der Waals surface area contributed by atoms with Gasteiger partial charge in [-0.05, 0) is 64.2 Å². The molecule has 0 heterocycles. The van der Waals surface area contributed by atoms with Gasteiger partial charge in [0.2, 0.25) is 5.91 Å². The maximum Gasteiger partial charge on any atom is 0.268 e. The van der Waals surface area contributed by atoms with E-state index in [0.29, 0.717) is 17.4 Å². The summed E-state index contributed by atoms with van der Waals surface area (Å²) in [6.07, 6.45) is 83.9. The summed E-state index contributed by atoms with van der Waals surface area (Å²) in [6, 6.07) is -0.903. The highest BCUT2D eigenvalue weighted by molar-refractivity contribution is 7.45. The first kappa shape index (κ1) is 78.5. The van der Waals surface area contributed by atoms with Gasteiger partial charge in [-0.2, -0.15) is 0 Å². The number of allylic oxidation sites excluding steroid dienone is 7. The topological polar surface area (TPSA) is 108 Å². The Labute approximate surface area is 499 Å².